The fourth-order valence-electron chi connectivity index (χ4n) is 9.71. The van der Waals surface area contributed by atoms with E-state index in [0.717, 1.165) is 19.3 Å². The van der Waals surface area contributed by atoms with Gasteiger partial charge in [0, 0.05) is 0 Å². The van der Waals surface area contributed by atoms with Crippen molar-refractivity contribution in [2.24, 2.45) is 52.3 Å². The van der Waals surface area contributed by atoms with Crippen LogP contribution in [0.4, 0.5) is 0 Å². The minimum Gasteiger partial charge on any atom is -0.393 e. The van der Waals surface area contributed by atoms with Crippen molar-refractivity contribution in [3.8, 4) is 0 Å². The molecule has 0 heterocycles. The van der Waals surface area contributed by atoms with Crippen molar-refractivity contribution >= 4 is 10.4 Å². The van der Waals surface area contributed by atoms with E-state index in [9.17, 15) is 23.2 Å². The van der Waals surface area contributed by atoms with Crippen molar-refractivity contribution in [3.05, 3.63) is 0 Å². The summed E-state index contributed by atoms with van der Waals surface area (Å²) in [5, 5.41) is 21.3. The SMILES string of the molecule is CC(C)[C@@H](CC[C@@H](C)[C@H]1CC[C@H]2[C@@H]3CC[C@H]4C(O)CC(O)C[C@]4(C)[C@H]3CC[C@]12C)OS(=O)(=O)O. The van der Waals surface area contributed by atoms with Crippen LogP contribution in [0.25, 0.3) is 0 Å². The van der Waals surface area contributed by atoms with Crippen LogP contribution < -0.4 is 0 Å². The summed E-state index contributed by atoms with van der Waals surface area (Å²) in [5.74, 6) is 3.41. The maximum absolute atomic E-state index is 11.3. The van der Waals surface area contributed by atoms with Crippen LogP contribution in [0.3, 0.4) is 0 Å². The van der Waals surface area contributed by atoms with E-state index in [2.05, 4.69) is 20.8 Å². The van der Waals surface area contributed by atoms with E-state index in [1.54, 1.807) is 0 Å². The molecule has 0 saturated heterocycles. The van der Waals surface area contributed by atoms with Gasteiger partial charge in [0.05, 0.1) is 18.3 Å². The molecule has 0 radical (unpaired) electrons. The van der Waals surface area contributed by atoms with Gasteiger partial charge in [0.1, 0.15) is 0 Å². The van der Waals surface area contributed by atoms with Gasteiger partial charge in [-0.2, -0.15) is 8.42 Å². The first-order valence-electron chi connectivity index (χ1n) is 13.8. The summed E-state index contributed by atoms with van der Waals surface area (Å²) in [7, 11) is -4.44. The Morgan fingerprint density at radius 3 is 2.21 bits per heavy atom. The van der Waals surface area contributed by atoms with Crippen LogP contribution in [0.1, 0.15) is 98.8 Å². The highest BCUT2D eigenvalue weighted by Crippen LogP contribution is 2.68. The fourth-order valence-corrected chi connectivity index (χ4v) is 10.3. The van der Waals surface area contributed by atoms with Gasteiger partial charge >= 0.3 is 10.4 Å². The maximum Gasteiger partial charge on any atom is 0.397 e. The third-order valence-electron chi connectivity index (χ3n) is 11.3. The molecule has 34 heavy (non-hydrogen) atoms. The smallest absolute Gasteiger partial charge is 0.393 e. The Hall–Kier alpha value is -0.210. The van der Waals surface area contributed by atoms with Crippen LogP contribution in [0.15, 0.2) is 0 Å². The van der Waals surface area contributed by atoms with Gasteiger partial charge in [0.2, 0.25) is 0 Å². The number of rotatable bonds is 7. The predicted molar refractivity (Wildman–Crippen MR) is 132 cm³/mol. The molecule has 7 heteroatoms. The molecule has 4 rings (SSSR count). The largest absolute Gasteiger partial charge is 0.397 e. The Morgan fingerprint density at radius 1 is 0.912 bits per heavy atom. The highest BCUT2D eigenvalue weighted by atomic mass is 32.3. The molecule has 11 atom stereocenters. The first kappa shape index (κ1) is 26.8. The molecule has 198 valence electrons. The van der Waals surface area contributed by atoms with Gasteiger partial charge in [-0.3, -0.25) is 4.55 Å². The average Bonchev–Trinajstić information content (AvgIpc) is 3.06. The molecule has 0 aromatic rings. The number of fused-ring (bicyclic) bond motifs is 5. The van der Waals surface area contributed by atoms with Gasteiger partial charge in [-0.25, -0.2) is 4.18 Å². The molecule has 4 fully saturated rings. The Bertz CT molecular complexity index is 829. The zero-order valence-corrected chi connectivity index (χ0v) is 22.6. The monoisotopic (exact) mass is 500 g/mol. The van der Waals surface area contributed by atoms with E-state index >= 15 is 0 Å². The molecule has 4 saturated carbocycles. The van der Waals surface area contributed by atoms with Crippen molar-refractivity contribution < 1.29 is 27.4 Å². The van der Waals surface area contributed by atoms with E-state index in [1.165, 1.54) is 32.1 Å². The standard InChI is InChI=1S/C27H48O6S/c1-16(2)25(33-34(30,31)32)11-6-17(3)20-9-10-21-19-7-8-23-24(29)14-18(28)15-27(23,5)22(19)12-13-26(20,21)4/h16-25,28-29H,6-15H2,1-5H3,(H,30,31,32)/t17-,18?,19+,20-,21+,22+,23+,24?,25-,26-,27-/m1/s1. The molecular weight excluding hydrogens is 452 g/mol. The lowest BCUT2D eigenvalue weighted by Gasteiger charge is -2.62. The second-order valence-electron chi connectivity index (χ2n) is 13.3. The summed E-state index contributed by atoms with van der Waals surface area (Å²) >= 11 is 0. The lowest BCUT2D eigenvalue weighted by molar-refractivity contribution is -0.167. The van der Waals surface area contributed by atoms with Gasteiger partial charge in [0.25, 0.3) is 0 Å². The van der Waals surface area contributed by atoms with E-state index in [-0.39, 0.29) is 23.5 Å². The molecule has 4 aliphatic rings. The third kappa shape index (κ3) is 4.85. The molecule has 6 nitrogen and oxygen atoms in total. The van der Waals surface area contributed by atoms with Crippen LogP contribution in [0.2, 0.25) is 0 Å². The Balaban J connectivity index is 1.45. The average molecular weight is 501 g/mol. The topological polar surface area (TPSA) is 104 Å². The van der Waals surface area contributed by atoms with Crippen molar-refractivity contribution in [2.75, 3.05) is 0 Å². The lowest BCUT2D eigenvalue weighted by Crippen LogP contribution is -2.57. The second-order valence-corrected chi connectivity index (χ2v) is 14.4. The minimum atomic E-state index is -4.44. The van der Waals surface area contributed by atoms with Gasteiger partial charge in [-0.15, -0.1) is 0 Å². The summed E-state index contributed by atoms with van der Waals surface area (Å²) in [4.78, 5) is 0. The third-order valence-corrected chi connectivity index (χ3v) is 11.7. The maximum atomic E-state index is 11.3. The van der Waals surface area contributed by atoms with Gasteiger partial charge in [0.15, 0.2) is 0 Å². The quantitative estimate of drug-likeness (QED) is 0.413. The Labute approximate surface area is 207 Å². The molecular formula is C27H48O6S. The van der Waals surface area contributed by atoms with Crippen LogP contribution in [-0.4, -0.2) is 41.5 Å². The molecule has 4 aliphatic carbocycles. The molecule has 0 bridgehead atoms. The zero-order chi connectivity index (χ0) is 25.1. The molecule has 3 N–H and O–H groups in total. The van der Waals surface area contributed by atoms with Crippen molar-refractivity contribution in [1.29, 1.82) is 0 Å². The molecule has 0 aromatic carbocycles. The first-order valence-corrected chi connectivity index (χ1v) is 15.1. The highest BCUT2D eigenvalue weighted by molar-refractivity contribution is 7.80. The van der Waals surface area contributed by atoms with Crippen molar-refractivity contribution in [1.82, 2.24) is 0 Å². The summed E-state index contributed by atoms with van der Waals surface area (Å²) in [5.41, 5.74) is 0.343. The Kier molecular flexibility index (Phi) is 7.57. The van der Waals surface area contributed by atoms with Crippen molar-refractivity contribution in [3.63, 3.8) is 0 Å². The Morgan fingerprint density at radius 2 is 1.56 bits per heavy atom. The van der Waals surface area contributed by atoms with Crippen LogP contribution in [-0.2, 0) is 14.6 Å². The van der Waals surface area contributed by atoms with Crippen LogP contribution >= 0.6 is 0 Å². The van der Waals surface area contributed by atoms with Crippen LogP contribution in [0.5, 0.6) is 0 Å². The number of aliphatic hydroxyl groups is 2. The van der Waals surface area contributed by atoms with Crippen molar-refractivity contribution in [2.45, 2.75) is 117 Å². The lowest BCUT2D eigenvalue weighted by atomic mass is 9.44. The number of aliphatic hydroxyl groups excluding tert-OH is 2. The second kappa shape index (κ2) is 9.59. The van der Waals surface area contributed by atoms with E-state index in [4.69, 9.17) is 4.18 Å². The molecule has 0 spiro atoms. The van der Waals surface area contributed by atoms with E-state index < -0.39 is 16.5 Å². The van der Waals surface area contributed by atoms with Gasteiger partial charge in [-0.1, -0.05) is 34.6 Å². The number of hydrogen-bond donors (Lipinski definition) is 3. The first-order chi connectivity index (χ1) is 15.8. The summed E-state index contributed by atoms with van der Waals surface area (Å²) in [6, 6.07) is 0. The molecule has 2 unspecified atom stereocenters. The number of hydrogen-bond acceptors (Lipinski definition) is 5. The molecule has 0 aliphatic heterocycles. The van der Waals surface area contributed by atoms with Gasteiger partial charge in [-0.05, 0) is 116 Å². The minimum absolute atomic E-state index is 0.0219. The summed E-state index contributed by atoms with van der Waals surface area (Å²) < 4.78 is 36.7. The molecule has 0 amide bonds. The van der Waals surface area contributed by atoms with Crippen LogP contribution in [0, 0.1) is 52.3 Å². The fraction of sp³-hybridized carbons (Fsp3) is 1.00. The highest BCUT2D eigenvalue weighted by Gasteiger charge is 2.61. The van der Waals surface area contributed by atoms with E-state index in [1.807, 2.05) is 13.8 Å². The molecule has 0 aromatic heterocycles. The normalized spacial score (nSPS) is 46.4. The van der Waals surface area contributed by atoms with Gasteiger partial charge < -0.3 is 10.2 Å². The summed E-state index contributed by atoms with van der Waals surface area (Å²) in [6.07, 6.45) is 8.85. The van der Waals surface area contributed by atoms with E-state index in [0.29, 0.717) is 53.8 Å². The summed E-state index contributed by atoms with van der Waals surface area (Å²) in [6.45, 7) is 11.1. The predicted octanol–water partition coefficient (Wildman–Crippen LogP) is 5.24. The zero-order valence-electron chi connectivity index (χ0n) is 21.8.